The second kappa shape index (κ2) is 4.18. The Hall–Kier alpha value is -0.440. The summed E-state index contributed by atoms with van der Waals surface area (Å²) < 4.78 is 0. The van der Waals surface area contributed by atoms with Gasteiger partial charge in [0, 0.05) is 15.6 Å². The lowest BCUT2D eigenvalue weighted by Gasteiger charge is -2.06. The quantitative estimate of drug-likeness (QED) is 0.804. The van der Waals surface area contributed by atoms with Crippen LogP contribution in [0.2, 0.25) is 10.0 Å². The summed E-state index contributed by atoms with van der Waals surface area (Å²) in [5.74, 6) is -1.15. The molecule has 0 amide bonds. The number of halogens is 3. The van der Waals surface area contributed by atoms with Crippen molar-refractivity contribution >= 4 is 40.8 Å². The lowest BCUT2D eigenvalue weighted by Crippen LogP contribution is -2.05. The van der Waals surface area contributed by atoms with E-state index in [0.29, 0.717) is 15.6 Å². The summed E-state index contributed by atoms with van der Waals surface area (Å²) >= 11 is 17.0. The van der Waals surface area contributed by atoms with Crippen LogP contribution in [0.4, 0.5) is 0 Å². The van der Waals surface area contributed by atoms with Gasteiger partial charge in [0.05, 0.1) is 0 Å². The van der Waals surface area contributed by atoms with Crippen LogP contribution in [0.25, 0.3) is 0 Å². The number of alkyl halides is 1. The largest absolute Gasteiger partial charge is 0.480 e. The van der Waals surface area contributed by atoms with Crippen molar-refractivity contribution in [2.24, 2.45) is 0 Å². The van der Waals surface area contributed by atoms with Gasteiger partial charge in [-0.15, -0.1) is 11.6 Å². The molecular formula is C8H5Cl3O2. The second-order valence-corrected chi connectivity index (χ2v) is 3.65. The predicted octanol–water partition coefficient (Wildman–Crippen LogP) is 3.36. The van der Waals surface area contributed by atoms with E-state index in [1.54, 1.807) is 6.07 Å². The van der Waals surface area contributed by atoms with Crippen molar-refractivity contribution in [3.63, 3.8) is 0 Å². The summed E-state index contributed by atoms with van der Waals surface area (Å²) in [4.78, 5) is 10.5. The van der Waals surface area contributed by atoms with Crippen LogP contribution in [0.5, 0.6) is 0 Å². The van der Waals surface area contributed by atoms with Crippen LogP contribution in [0.1, 0.15) is 10.9 Å². The Morgan fingerprint density at radius 3 is 2.54 bits per heavy atom. The minimum atomic E-state index is -1.16. The molecule has 0 heterocycles. The van der Waals surface area contributed by atoms with E-state index in [2.05, 4.69) is 0 Å². The van der Waals surface area contributed by atoms with Crippen LogP contribution in [-0.2, 0) is 4.79 Å². The molecule has 1 unspecified atom stereocenters. The van der Waals surface area contributed by atoms with Crippen molar-refractivity contribution in [2.45, 2.75) is 5.38 Å². The van der Waals surface area contributed by atoms with E-state index in [1.165, 1.54) is 12.1 Å². The van der Waals surface area contributed by atoms with Gasteiger partial charge < -0.3 is 5.11 Å². The Labute approximate surface area is 90.0 Å². The molecule has 0 aromatic heterocycles. The monoisotopic (exact) mass is 238 g/mol. The van der Waals surface area contributed by atoms with Gasteiger partial charge in [0.1, 0.15) is 0 Å². The van der Waals surface area contributed by atoms with Crippen LogP contribution >= 0.6 is 34.8 Å². The molecule has 1 N–H and O–H groups in total. The highest BCUT2D eigenvalue weighted by atomic mass is 35.5. The van der Waals surface area contributed by atoms with Crippen LogP contribution in [0, 0.1) is 0 Å². The molecule has 13 heavy (non-hydrogen) atoms. The standard InChI is InChI=1S/C8H5Cl3O2/c9-4-1-2-6(10)5(3-4)7(11)8(12)13/h1-3,7H,(H,12,13). The Morgan fingerprint density at radius 1 is 1.38 bits per heavy atom. The smallest absolute Gasteiger partial charge is 0.326 e. The molecule has 0 bridgehead atoms. The number of rotatable bonds is 2. The molecular weight excluding hydrogens is 234 g/mol. The van der Waals surface area contributed by atoms with Gasteiger partial charge in [-0.1, -0.05) is 23.2 Å². The normalized spacial score (nSPS) is 12.5. The average molecular weight is 239 g/mol. The van der Waals surface area contributed by atoms with Crippen molar-refractivity contribution in [1.82, 2.24) is 0 Å². The third-order valence-corrected chi connectivity index (χ3v) is 2.45. The molecule has 0 radical (unpaired) electrons. The maximum atomic E-state index is 10.5. The van der Waals surface area contributed by atoms with E-state index >= 15 is 0 Å². The van der Waals surface area contributed by atoms with Crippen molar-refractivity contribution in [1.29, 1.82) is 0 Å². The van der Waals surface area contributed by atoms with E-state index in [1.807, 2.05) is 0 Å². The Balaban J connectivity index is 3.12. The van der Waals surface area contributed by atoms with Crippen LogP contribution in [-0.4, -0.2) is 11.1 Å². The van der Waals surface area contributed by atoms with Crippen molar-refractivity contribution in [3.8, 4) is 0 Å². The molecule has 1 atom stereocenters. The minimum Gasteiger partial charge on any atom is -0.480 e. The summed E-state index contributed by atoms with van der Waals surface area (Å²) in [5.41, 5.74) is 0.309. The molecule has 1 aromatic rings. The Bertz CT molecular complexity index is 338. The summed E-state index contributed by atoms with van der Waals surface area (Å²) in [5, 5.41) is 8.16. The minimum absolute atomic E-state index is 0.298. The Kier molecular flexibility index (Phi) is 3.42. The zero-order valence-corrected chi connectivity index (χ0v) is 8.57. The van der Waals surface area contributed by atoms with Crippen molar-refractivity contribution < 1.29 is 9.90 Å². The number of benzene rings is 1. The highest BCUT2D eigenvalue weighted by molar-refractivity contribution is 6.36. The van der Waals surface area contributed by atoms with E-state index < -0.39 is 11.3 Å². The van der Waals surface area contributed by atoms with Crippen molar-refractivity contribution in [3.05, 3.63) is 33.8 Å². The first kappa shape index (κ1) is 10.6. The van der Waals surface area contributed by atoms with E-state index in [-0.39, 0.29) is 0 Å². The number of hydrogen-bond acceptors (Lipinski definition) is 1. The first-order chi connectivity index (χ1) is 6.02. The molecule has 0 aliphatic heterocycles. The van der Waals surface area contributed by atoms with Crippen LogP contribution in [0.3, 0.4) is 0 Å². The molecule has 0 fully saturated rings. The fourth-order valence-corrected chi connectivity index (χ4v) is 1.49. The molecule has 5 heteroatoms. The lowest BCUT2D eigenvalue weighted by molar-refractivity contribution is -0.136. The Morgan fingerprint density at radius 2 is 2.00 bits per heavy atom. The van der Waals surface area contributed by atoms with E-state index in [0.717, 1.165) is 0 Å². The predicted molar refractivity (Wildman–Crippen MR) is 52.7 cm³/mol. The fourth-order valence-electron chi connectivity index (χ4n) is 0.842. The zero-order valence-electron chi connectivity index (χ0n) is 6.30. The average Bonchev–Trinajstić information content (AvgIpc) is 2.08. The molecule has 1 rings (SSSR count). The van der Waals surface area contributed by atoms with Gasteiger partial charge in [-0.3, -0.25) is 4.79 Å². The van der Waals surface area contributed by atoms with Gasteiger partial charge in [-0.05, 0) is 18.2 Å². The molecule has 1 aromatic carbocycles. The molecule has 0 saturated heterocycles. The topological polar surface area (TPSA) is 37.3 Å². The fraction of sp³-hybridized carbons (Fsp3) is 0.125. The third-order valence-electron chi connectivity index (χ3n) is 1.45. The van der Waals surface area contributed by atoms with Gasteiger partial charge in [0.2, 0.25) is 0 Å². The zero-order chi connectivity index (χ0) is 10.0. The van der Waals surface area contributed by atoms with Gasteiger partial charge in [0.15, 0.2) is 5.38 Å². The maximum Gasteiger partial charge on any atom is 0.326 e. The summed E-state index contributed by atoms with van der Waals surface area (Å²) in [6, 6.07) is 4.52. The van der Waals surface area contributed by atoms with Gasteiger partial charge in [0.25, 0.3) is 0 Å². The van der Waals surface area contributed by atoms with E-state index in [4.69, 9.17) is 39.9 Å². The lowest BCUT2D eigenvalue weighted by atomic mass is 10.1. The number of carboxylic acid groups (broad SMARTS) is 1. The molecule has 70 valence electrons. The third kappa shape index (κ3) is 2.50. The maximum absolute atomic E-state index is 10.5. The molecule has 2 nitrogen and oxygen atoms in total. The first-order valence-corrected chi connectivity index (χ1v) is 4.53. The number of carbonyl (C=O) groups is 1. The SMILES string of the molecule is O=C(O)C(Cl)c1cc(Cl)ccc1Cl. The number of aliphatic carboxylic acids is 1. The van der Waals surface area contributed by atoms with Crippen molar-refractivity contribution in [2.75, 3.05) is 0 Å². The number of carboxylic acids is 1. The van der Waals surface area contributed by atoms with Crippen LogP contribution < -0.4 is 0 Å². The summed E-state index contributed by atoms with van der Waals surface area (Å²) in [7, 11) is 0. The second-order valence-electron chi connectivity index (χ2n) is 2.37. The van der Waals surface area contributed by atoms with Gasteiger partial charge >= 0.3 is 5.97 Å². The van der Waals surface area contributed by atoms with Gasteiger partial charge in [-0.25, -0.2) is 0 Å². The first-order valence-electron chi connectivity index (χ1n) is 3.34. The molecule has 0 saturated carbocycles. The highest BCUT2D eigenvalue weighted by Gasteiger charge is 2.19. The number of hydrogen-bond donors (Lipinski definition) is 1. The van der Waals surface area contributed by atoms with Gasteiger partial charge in [-0.2, -0.15) is 0 Å². The molecule has 0 spiro atoms. The summed E-state index contributed by atoms with van der Waals surface area (Å²) in [6.45, 7) is 0. The van der Waals surface area contributed by atoms with Crippen LogP contribution in [0.15, 0.2) is 18.2 Å². The molecule has 0 aliphatic carbocycles. The highest BCUT2D eigenvalue weighted by Crippen LogP contribution is 2.30. The molecule has 0 aliphatic rings. The van der Waals surface area contributed by atoms with E-state index in [9.17, 15) is 4.79 Å². The summed E-state index contributed by atoms with van der Waals surface area (Å²) in [6.07, 6.45) is 0.